The Kier molecular flexibility index (Phi) is 3.07. The second-order valence-corrected chi connectivity index (χ2v) is 3.57. The third-order valence-corrected chi connectivity index (χ3v) is 1.99. The molecule has 72 valence electrons. The van der Waals surface area contributed by atoms with Gasteiger partial charge in [0.25, 0.3) is 0 Å². The molecule has 0 amide bonds. The van der Waals surface area contributed by atoms with E-state index in [-0.39, 0.29) is 12.2 Å². The Labute approximate surface area is 78.9 Å². The minimum absolute atomic E-state index is 0.0212. The van der Waals surface area contributed by atoms with Crippen LogP contribution in [0.25, 0.3) is 0 Å². The molecular formula is C10H15NO2. The number of rotatable bonds is 3. The average Bonchev–Trinajstić information content (AvgIpc) is 2.37. The lowest BCUT2D eigenvalue weighted by atomic mass is 10.1. The molecule has 0 aromatic heterocycles. The van der Waals surface area contributed by atoms with Gasteiger partial charge in [-0.25, -0.2) is 0 Å². The van der Waals surface area contributed by atoms with E-state index >= 15 is 0 Å². The molecule has 0 saturated carbocycles. The first kappa shape index (κ1) is 10.2. The van der Waals surface area contributed by atoms with E-state index in [1.807, 2.05) is 13.8 Å². The molecular weight excluding hydrogens is 166 g/mol. The highest BCUT2D eigenvalue weighted by Gasteiger charge is 2.38. The van der Waals surface area contributed by atoms with Crippen molar-refractivity contribution in [3.63, 3.8) is 0 Å². The normalized spacial score (nSPS) is 31.2. The molecule has 0 bridgehead atoms. The van der Waals surface area contributed by atoms with Crippen molar-refractivity contribution >= 4 is 0 Å². The SMILES string of the molecule is C=C[C@@H]1OC(C)(C)O[C@H]1CCC#N. The van der Waals surface area contributed by atoms with E-state index < -0.39 is 5.79 Å². The fraction of sp³-hybridized carbons (Fsp3) is 0.700. The van der Waals surface area contributed by atoms with Crippen LogP contribution in [0.2, 0.25) is 0 Å². The van der Waals surface area contributed by atoms with Gasteiger partial charge in [-0.1, -0.05) is 6.08 Å². The minimum Gasteiger partial charge on any atom is -0.344 e. The molecule has 3 nitrogen and oxygen atoms in total. The van der Waals surface area contributed by atoms with Crippen LogP contribution in [0, 0.1) is 11.3 Å². The predicted octanol–water partition coefficient (Wildman–Crippen LogP) is 2.00. The molecule has 1 heterocycles. The number of hydrogen-bond acceptors (Lipinski definition) is 3. The highest BCUT2D eigenvalue weighted by molar-refractivity contribution is 4.94. The first-order valence-corrected chi connectivity index (χ1v) is 4.44. The van der Waals surface area contributed by atoms with Crippen LogP contribution < -0.4 is 0 Å². The molecule has 1 fully saturated rings. The lowest BCUT2D eigenvalue weighted by Crippen LogP contribution is -2.21. The van der Waals surface area contributed by atoms with Crippen LogP contribution in [-0.2, 0) is 9.47 Å². The summed E-state index contributed by atoms with van der Waals surface area (Å²) in [7, 11) is 0. The Morgan fingerprint density at radius 3 is 2.77 bits per heavy atom. The van der Waals surface area contributed by atoms with E-state index in [0.717, 1.165) is 0 Å². The van der Waals surface area contributed by atoms with Crippen molar-refractivity contribution in [1.29, 1.82) is 5.26 Å². The lowest BCUT2D eigenvalue weighted by molar-refractivity contribution is -0.143. The lowest BCUT2D eigenvalue weighted by Gasteiger charge is -2.16. The molecule has 1 saturated heterocycles. The Morgan fingerprint density at radius 1 is 1.54 bits per heavy atom. The van der Waals surface area contributed by atoms with Crippen LogP contribution in [0.15, 0.2) is 12.7 Å². The van der Waals surface area contributed by atoms with Crippen LogP contribution >= 0.6 is 0 Å². The van der Waals surface area contributed by atoms with E-state index in [1.54, 1.807) is 6.08 Å². The van der Waals surface area contributed by atoms with Crippen LogP contribution in [0.1, 0.15) is 26.7 Å². The van der Waals surface area contributed by atoms with Crippen LogP contribution in [-0.4, -0.2) is 18.0 Å². The van der Waals surface area contributed by atoms with Crippen LogP contribution in [0.5, 0.6) is 0 Å². The Balaban J connectivity index is 2.54. The van der Waals surface area contributed by atoms with Crippen molar-refractivity contribution in [1.82, 2.24) is 0 Å². The zero-order valence-corrected chi connectivity index (χ0v) is 8.12. The summed E-state index contributed by atoms with van der Waals surface area (Å²) in [4.78, 5) is 0. The number of hydrogen-bond donors (Lipinski definition) is 0. The van der Waals surface area contributed by atoms with Gasteiger partial charge in [-0.15, -0.1) is 6.58 Å². The maximum absolute atomic E-state index is 8.44. The van der Waals surface area contributed by atoms with Gasteiger partial charge in [0.15, 0.2) is 5.79 Å². The first-order chi connectivity index (χ1) is 6.09. The molecule has 13 heavy (non-hydrogen) atoms. The largest absolute Gasteiger partial charge is 0.344 e. The Bertz CT molecular complexity index is 230. The van der Waals surface area contributed by atoms with Gasteiger partial charge in [0.1, 0.15) is 6.10 Å². The Morgan fingerprint density at radius 2 is 2.23 bits per heavy atom. The summed E-state index contributed by atoms with van der Waals surface area (Å²) in [6, 6.07) is 2.10. The van der Waals surface area contributed by atoms with Gasteiger partial charge in [0.05, 0.1) is 12.2 Å². The predicted molar refractivity (Wildman–Crippen MR) is 48.9 cm³/mol. The molecule has 0 aromatic carbocycles. The molecule has 0 spiro atoms. The maximum Gasteiger partial charge on any atom is 0.164 e. The van der Waals surface area contributed by atoms with Gasteiger partial charge in [0, 0.05) is 6.42 Å². The van der Waals surface area contributed by atoms with E-state index in [4.69, 9.17) is 14.7 Å². The maximum atomic E-state index is 8.44. The minimum atomic E-state index is -0.543. The molecule has 1 aliphatic heterocycles. The Hall–Kier alpha value is -0.850. The average molecular weight is 181 g/mol. The standard InChI is InChI=1S/C10H15NO2/c1-4-8-9(6-5-7-11)13-10(2,3)12-8/h4,8-9H,1,5-6H2,2-3H3/t8-,9-/m0/s1. The fourth-order valence-electron chi connectivity index (χ4n) is 1.49. The van der Waals surface area contributed by atoms with Crippen molar-refractivity contribution in [2.24, 2.45) is 0 Å². The molecule has 0 aromatic rings. The van der Waals surface area contributed by atoms with Gasteiger partial charge in [0.2, 0.25) is 0 Å². The van der Waals surface area contributed by atoms with Gasteiger partial charge < -0.3 is 9.47 Å². The molecule has 0 aliphatic carbocycles. The van der Waals surface area contributed by atoms with Crippen molar-refractivity contribution in [2.75, 3.05) is 0 Å². The second-order valence-electron chi connectivity index (χ2n) is 3.57. The highest BCUT2D eigenvalue weighted by atomic mass is 16.7. The van der Waals surface area contributed by atoms with Crippen LogP contribution in [0.3, 0.4) is 0 Å². The monoisotopic (exact) mass is 181 g/mol. The summed E-state index contributed by atoms with van der Waals surface area (Å²) in [6.07, 6.45) is 2.83. The summed E-state index contributed by atoms with van der Waals surface area (Å²) in [5, 5.41) is 8.44. The molecule has 3 heteroatoms. The van der Waals surface area contributed by atoms with Gasteiger partial charge >= 0.3 is 0 Å². The van der Waals surface area contributed by atoms with E-state index in [1.165, 1.54) is 0 Å². The fourth-order valence-corrected chi connectivity index (χ4v) is 1.49. The molecule has 2 atom stereocenters. The van der Waals surface area contributed by atoms with E-state index in [2.05, 4.69) is 12.6 Å². The van der Waals surface area contributed by atoms with Gasteiger partial charge in [-0.3, -0.25) is 0 Å². The molecule has 0 N–H and O–H groups in total. The first-order valence-electron chi connectivity index (χ1n) is 4.44. The summed E-state index contributed by atoms with van der Waals surface area (Å²) < 4.78 is 11.2. The van der Waals surface area contributed by atoms with Crippen molar-refractivity contribution in [2.45, 2.75) is 44.7 Å². The zero-order chi connectivity index (χ0) is 9.90. The summed E-state index contributed by atoms with van der Waals surface area (Å²) in [5.41, 5.74) is 0. The number of nitriles is 1. The molecule has 1 aliphatic rings. The van der Waals surface area contributed by atoms with Crippen molar-refractivity contribution in [3.8, 4) is 6.07 Å². The summed E-state index contributed by atoms with van der Waals surface area (Å²) >= 11 is 0. The second kappa shape index (κ2) is 3.91. The topological polar surface area (TPSA) is 42.2 Å². The third kappa shape index (κ3) is 2.55. The molecule has 0 radical (unpaired) electrons. The highest BCUT2D eigenvalue weighted by Crippen LogP contribution is 2.30. The smallest absolute Gasteiger partial charge is 0.164 e. The van der Waals surface area contributed by atoms with E-state index in [9.17, 15) is 0 Å². The third-order valence-electron chi connectivity index (χ3n) is 1.99. The zero-order valence-electron chi connectivity index (χ0n) is 8.12. The quantitative estimate of drug-likeness (QED) is 0.625. The van der Waals surface area contributed by atoms with Crippen LogP contribution in [0.4, 0.5) is 0 Å². The van der Waals surface area contributed by atoms with Crippen molar-refractivity contribution in [3.05, 3.63) is 12.7 Å². The summed E-state index contributed by atoms with van der Waals surface area (Å²) in [6.45, 7) is 7.42. The number of nitrogens with zero attached hydrogens (tertiary/aromatic N) is 1. The molecule has 1 rings (SSSR count). The van der Waals surface area contributed by atoms with Gasteiger partial charge in [-0.05, 0) is 20.3 Å². The summed E-state index contributed by atoms with van der Waals surface area (Å²) in [5.74, 6) is -0.543. The number of ether oxygens (including phenoxy) is 2. The van der Waals surface area contributed by atoms with Gasteiger partial charge in [-0.2, -0.15) is 5.26 Å². The molecule has 0 unspecified atom stereocenters. The van der Waals surface area contributed by atoms with E-state index in [0.29, 0.717) is 12.8 Å². The van der Waals surface area contributed by atoms with Crippen molar-refractivity contribution < 1.29 is 9.47 Å².